The molecule has 11 heavy (non-hydrogen) atoms. The van der Waals surface area contributed by atoms with Crippen LogP contribution in [0, 0.1) is 6.92 Å². The first kappa shape index (κ1) is 8.19. The van der Waals surface area contributed by atoms with Gasteiger partial charge in [0.1, 0.15) is 0 Å². The van der Waals surface area contributed by atoms with E-state index in [1.165, 1.54) is 6.92 Å². The monoisotopic (exact) mass is 223 g/mol. The summed E-state index contributed by atoms with van der Waals surface area (Å²) < 4.78 is 16.0. The summed E-state index contributed by atoms with van der Waals surface area (Å²) in [7, 11) is 0. The van der Waals surface area contributed by atoms with E-state index in [1.807, 2.05) is 0 Å². The van der Waals surface area contributed by atoms with Gasteiger partial charge >= 0.3 is 5.97 Å². The van der Waals surface area contributed by atoms with Crippen molar-refractivity contribution in [2.45, 2.75) is 6.92 Å². The third-order valence-corrected chi connectivity index (χ3v) is 1.37. The molecule has 0 saturated carbocycles. The fourth-order valence-corrected chi connectivity index (χ4v) is 1.02. The molecule has 1 aromatic rings. The molecule has 0 N–H and O–H groups in total. The number of carbonyl (C=O) groups is 1. The van der Waals surface area contributed by atoms with Crippen molar-refractivity contribution >= 4 is 21.9 Å². The highest BCUT2D eigenvalue weighted by atomic mass is 79.9. The Morgan fingerprint density at radius 1 is 1.82 bits per heavy atom. The maximum Gasteiger partial charge on any atom is 0.416 e. The predicted molar refractivity (Wildman–Crippen MR) is 35.5 cm³/mol. The van der Waals surface area contributed by atoms with Gasteiger partial charge in [-0.1, -0.05) is 0 Å². The predicted octanol–water partition coefficient (Wildman–Crippen LogP) is 1.79. The summed E-state index contributed by atoms with van der Waals surface area (Å²) in [5.74, 6) is -1.42. The van der Waals surface area contributed by atoms with E-state index in [0.717, 1.165) is 0 Å². The van der Waals surface area contributed by atoms with Gasteiger partial charge in [0.15, 0.2) is 0 Å². The molecule has 0 spiro atoms. The molecule has 1 rings (SSSR count). The standard InChI is InChI=1S/C5H3BrFNO3/c1-2-3(4(9)11-7)10-5(6)8-2/h1H3. The highest BCUT2D eigenvalue weighted by Gasteiger charge is 2.18. The molecule has 0 atom stereocenters. The second kappa shape index (κ2) is 3.00. The molecule has 60 valence electrons. The van der Waals surface area contributed by atoms with Crippen LogP contribution >= 0.6 is 15.9 Å². The number of aromatic nitrogens is 1. The molecule has 0 saturated heterocycles. The van der Waals surface area contributed by atoms with Gasteiger partial charge in [-0.3, -0.25) is 0 Å². The van der Waals surface area contributed by atoms with Crippen LogP contribution in [0.2, 0.25) is 0 Å². The van der Waals surface area contributed by atoms with Crippen molar-refractivity contribution in [3.05, 3.63) is 16.3 Å². The molecule has 0 radical (unpaired) electrons. The van der Waals surface area contributed by atoms with Crippen molar-refractivity contribution in [1.29, 1.82) is 0 Å². The number of halogens is 2. The number of nitrogens with zero attached hydrogens (tertiary/aromatic N) is 1. The molecule has 0 aliphatic rings. The Balaban J connectivity index is 3.03. The highest BCUT2D eigenvalue weighted by molar-refractivity contribution is 9.10. The number of oxazole rings is 1. The van der Waals surface area contributed by atoms with E-state index in [1.54, 1.807) is 0 Å². The van der Waals surface area contributed by atoms with Gasteiger partial charge in [0.05, 0.1) is 5.69 Å². The number of aryl methyl sites for hydroxylation is 1. The Hall–Kier alpha value is -0.910. The van der Waals surface area contributed by atoms with Crippen LogP contribution in [0.25, 0.3) is 0 Å². The zero-order chi connectivity index (χ0) is 8.43. The zero-order valence-electron chi connectivity index (χ0n) is 5.43. The molecule has 1 heterocycles. The third kappa shape index (κ3) is 1.56. The fourth-order valence-electron chi connectivity index (χ4n) is 0.588. The smallest absolute Gasteiger partial charge is 0.416 e. The zero-order valence-corrected chi connectivity index (χ0v) is 7.01. The van der Waals surface area contributed by atoms with Crippen molar-refractivity contribution < 1.29 is 18.7 Å². The van der Waals surface area contributed by atoms with Crippen LogP contribution in [-0.2, 0) is 4.94 Å². The summed E-state index contributed by atoms with van der Waals surface area (Å²) in [5.41, 5.74) is 0.277. The third-order valence-electron chi connectivity index (χ3n) is 1.03. The highest BCUT2D eigenvalue weighted by Crippen LogP contribution is 2.15. The van der Waals surface area contributed by atoms with E-state index in [2.05, 4.69) is 30.3 Å². The Kier molecular flexibility index (Phi) is 2.23. The van der Waals surface area contributed by atoms with Crippen LogP contribution in [0.5, 0.6) is 0 Å². The van der Waals surface area contributed by atoms with Crippen molar-refractivity contribution in [3.8, 4) is 0 Å². The Labute approximate surface area is 69.4 Å². The van der Waals surface area contributed by atoms with E-state index < -0.39 is 5.97 Å². The first-order chi connectivity index (χ1) is 5.15. The van der Waals surface area contributed by atoms with Crippen LogP contribution in [0.3, 0.4) is 0 Å². The van der Waals surface area contributed by atoms with E-state index in [4.69, 9.17) is 0 Å². The lowest BCUT2D eigenvalue weighted by molar-refractivity contribution is -0.0813. The maximum absolute atomic E-state index is 11.3. The van der Waals surface area contributed by atoms with Crippen LogP contribution in [0.1, 0.15) is 16.2 Å². The molecular formula is C5H3BrFNO3. The van der Waals surface area contributed by atoms with Crippen molar-refractivity contribution in [2.24, 2.45) is 0 Å². The van der Waals surface area contributed by atoms with Gasteiger partial charge in [-0.15, -0.1) is 0 Å². The van der Waals surface area contributed by atoms with Gasteiger partial charge in [-0.05, 0) is 6.92 Å². The summed E-state index contributed by atoms with van der Waals surface area (Å²) in [4.78, 5) is 17.2. The van der Waals surface area contributed by atoms with Gasteiger partial charge in [0, 0.05) is 20.5 Å². The number of carbonyl (C=O) groups excluding carboxylic acids is 1. The summed E-state index contributed by atoms with van der Waals surface area (Å²) in [6.07, 6.45) is 0. The molecule has 0 aliphatic heterocycles. The van der Waals surface area contributed by atoms with E-state index >= 15 is 0 Å². The minimum absolute atomic E-state index is 0.121. The summed E-state index contributed by atoms with van der Waals surface area (Å²) in [6.45, 7) is 1.50. The van der Waals surface area contributed by atoms with Crippen LogP contribution in [0.4, 0.5) is 4.53 Å². The average molecular weight is 224 g/mol. The first-order valence-electron chi connectivity index (χ1n) is 2.61. The van der Waals surface area contributed by atoms with E-state index in [0.29, 0.717) is 0 Å². The van der Waals surface area contributed by atoms with Crippen LogP contribution in [-0.4, -0.2) is 11.0 Å². The fraction of sp³-hybridized carbons (Fsp3) is 0.200. The van der Waals surface area contributed by atoms with Gasteiger partial charge < -0.3 is 4.42 Å². The molecule has 0 bridgehead atoms. The van der Waals surface area contributed by atoms with Crippen molar-refractivity contribution in [2.75, 3.05) is 0 Å². The number of rotatable bonds is 1. The largest absolute Gasteiger partial charge is 0.423 e. The van der Waals surface area contributed by atoms with Crippen LogP contribution < -0.4 is 0 Å². The Bertz CT molecular complexity index is 285. The lowest BCUT2D eigenvalue weighted by Crippen LogP contribution is -1.98. The second-order valence-electron chi connectivity index (χ2n) is 1.75. The normalized spacial score (nSPS) is 9.73. The topological polar surface area (TPSA) is 52.3 Å². The summed E-state index contributed by atoms with van der Waals surface area (Å²) in [6, 6.07) is 0. The molecule has 6 heteroatoms. The summed E-state index contributed by atoms with van der Waals surface area (Å²) in [5, 5.41) is 0. The molecule has 1 aromatic heterocycles. The van der Waals surface area contributed by atoms with Gasteiger partial charge in [0.2, 0.25) is 5.76 Å². The minimum Gasteiger partial charge on any atom is -0.423 e. The maximum atomic E-state index is 11.3. The minimum atomic E-state index is -1.18. The number of hydrogen-bond donors (Lipinski definition) is 0. The van der Waals surface area contributed by atoms with Gasteiger partial charge in [0.25, 0.3) is 4.80 Å². The van der Waals surface area contributed by atoms with Crippen molar-refractivity contribution in [3.63, 3.8) is 0 Å². The lowest BCUT2D eigenvalue weighted by Gasteiger charge is -1.86. The molecular weight excluding hydrogens is 221 g/mol. The van der Waals surface area contributed by atoms with E-state index in [9.17, 15) is 9.32 Å². The Morgan fingerprint density at radius 3 is 2.82 bits per heavy atom. The van der Waals surface area contributed by atoms with Crippen LogP contribution in [0.15, 0.2) is 9.22 Å². The molecule has 0 unspecified atom stereocenters. The van der Waals surface area contributed by atoms with Gasteiger partial charge in [-0.2, -0.15) is 0 Å². The first-order valence-corrected chi connectivity index (χ1v) is 3.40. The number of hydrogen-bond acceptors (Lipinski definition) is 4. The molecule has 0 amide bonds. The molecule has 0 aromatic carbocycles. The van der Waals surface area contributed by atoms with Crippen molar-refractivity contribution in [1.82, 2.24) is 4.98 Å². The second-order valence-corrected chi connectivity index (χ2v) is 2.42. The molecule has 0 aliphatic carbocycles. The lowest BCUT2D eigenvalue weighted by atomic mass is 10.4. The van der Waals surface area contributed by atoms with Gasteiger partial charge in [-0.25, -0.2) is 14.7 Å². The molecule has 0 fully saturated rings. The Morgan fingerprint density at radius 2 is 2.45 bits per heavy atom. The molecule has 4 nitrogen and oxygen atoms in total. The SMILES string of the molecule is Cc1nc(Br)oc1C(=O)OF. The quantitative estimate of drug-likeness (QED) is 0.729. The average Bonchev–Trinajstić information content (AvgIpc) is 2.28. The summed E-state index contributed by atoms with van der Waals surface area (Å²) >= 11 is 2.87. The van der Waals surface area contributed by atoms with E-state index in [-0.39, 0.29) is 16.3 Å².